The smallest absolute Gasteiger partial charge is 0.309 e. The van der Waals surface area contributed by atoms with Crippen LogP contribution in [-0.4, -0.2) is 17.2 Å². The first-order valence-corrected chi connectivity index (χ1v) is 6.02. The van der Waals surface area contributed by atoms with Gasteiger partial charge >= 0.3 is 5.97 Å². The van der Waals surface area contributed by atoms with Crippen molar-refractivity contribution < 1.29 is 14.6 Å². The second-order valence-corrected chi connectivity index (χ2v) is 4.28. The van der Waals surface area contributed by atoms with E-state index in [4.69, 9.17) is 4.74 Å². The number of benzene rings is 1. The number of aliphatic hydroxyl groups is 1. The third-order valence-electron chi connectivity index (χ3n) is 2.68. The molecular weight excluding hydrogens is 216 g/mol. The highest BCUT2D eigenvalue weighted by Crippen LogP contribution is 2.14. The summed E-state index contributed by atoms with van der Waals surface area (Å²) in [6, 6.07) is 9.59. The van der Waals surface area contributed by atoms with Crippen LogP contribution in [-0.2, 0) is 16.1 Å². The van der Waals surface area contributed by atoms with E-state index in [9.17, 15) is 9.90 Å². The van der Waals surface area contributed by atoms with Crippen molar-refractivity contribution in [3.63, 3.8) is 0 Å². The number of hydrogen-bond donors (Lipinski definition) is 1. The second kappa shape index (κ2) is 7.07. The molecule has 94 valence electrons. The Morgan fingerprint density at radius 2 is 2.00 bits per heavy atom. The number of ether oxygens (including phenoxy) is 1. The van der Waals surface area contributed by atoms with Crippen LogP contribution in [0.4, 0.5) is 0 Å². The predicted molar refractivity (Wildman–Crippen MR) is 66.3 cm³/mol. The molecule has 0 aliphatic heterocycles. The topological polar surface area (TPSA) is 46.5 Å². The lowest BCUT2D eigenvalue weighted by molar-refractivity contribution is -0.151. The standard InChI is InChI=1S/C14H20O3/c1-3-13(9-11(2)15)14(16)17-10-12-7-5-4-6-8-12/h4-8,11,13,15H,3,9-10H2,1-2H3. The summed E-state index contributed by atoms with van der Waals surface area (Å²) in [7, 11) is 0. The van der Waals surface area contributed by atoms with Crippen molar-refractivity contribution in [2.45, 2.75) is 39.4 Å². The molecule has 0 bridgehead atoms. The summed E-state index contributed by atoms with van der Waals surface area (Å²) in [5.41, 5.74) is 0.979. The van der Waals surface area contributed by atoms with Gasteiger partial charge in [-0.05, 0) is 25.3 Å². The van der Waals surface area contributed by atoms with Gasteiger partial charge in [-0.3, -0.25) is 4.79 Å². The number of hydrogen-bond acceptors (Lipinski definition) is 3. The Morgan fingerprint density at radius 3 is 2.53 bits per heavy atom. The molecule has 0 saturated heterocycles. The van der Waals surface area contributed by atoms with Crippen LogP contribution in [0.2, 0.25) is 0 Å². The summed E-state index contributed by atoms with van der Waals surface area (Å²) in [5, 5.41) is 9.28. The number of rotatable bonds is 6. The number of esters is 1. The second-order valence-electron chi connectivity index (χ2n) is 4.28. The summed E-state index contributed by atoms with van der Waals surface area (Å²) in [6.45, 7) is 3.92. The molecule has 0 spiro atoms. The summed E-state index contributed by atoms with van der Waals surface area (Å²) in [5.74, 6) is -0.434. The normalized spacial score (nSPS) is 14.1. The van der Waals surface area contributed by atoms with Gasteiger partial charge in [0, 0.05) is 0 Å². The van der Waals surface area contributed by atoms with E-state index in [0.717, 1.165) is 5.56 Å². The third kappa shape index (κ3) is 5.00. The summed E-state index contributed by atoms with van der Waals surface area (Å²) >= 11 is 0. The van der Waals surface area contributed by atoms with Crippen LogP contribution in [0.3, 0.4) is 0 Å². The van der Waals surface area contributed by atoms with Gasteiger partial charge in [-0.25, -0.2) is 0 Å². The van der Waals surface area contributed by atoms with Crippen LogP contribution in [0.25, 0.3) is 0 Å². The molecule has 3 heteroatoms. The fourth-order valence-corrected chi connectivity index (χ4v) is 1.69. The van der Waals surface area contributed by atoms with Gasteiger partial charge in [-0.1, -0.05) is 37.3 Å². The Hall–Kier alpha value is -1.35. The van der Waals surface area contributed by atoms with E-state index >= 15 is 0 Å². The van der Waals surface area contributed by atoms with Crippen molar-refractivity contribution in [3.8, 4) is 0 Å². The Balaban J connectivity index is 2.42. The molecule has 2 unspecified atom stereocenters. The zero-order chi connectivity index (χ0) is 12.7. The summed E-state index contributed by atoms with van der Waals surface area (Å²) in [4.78, 5) is 11.7. The minimum atomic E-state index is -0.468. The van der Waals surface area contributed by atoms with Crippen molar-refractivity contribution in [2.75, 3.05) is 0 Å². The van der Waals surface area contributed by atoms with Gasteiger partial charge in [-0.15, -0.1) is 0 Å². The highest BCUT2D eigenvalue weighted by atomic mass is 16.5. The first-order valence-electron chi connectivity index (χ1n) is 6.02. The lowest BCUT2D eigenvalue weighted by Crippen LogP contribution is -2.21. The van der Waals surface area contributed by atoms with E-state index < -0.39 is 6.10 Å². The van der Waals surface area contributed by atoms with Crippen molar-refractivity contribution in [3.05, 3.63) is 35.9 Å². The molecule has 0 radical (unpaired) electrons. The van der Waals surface area contributed by atoms with E-state index in [2.05, 4.69) is 0 Å². The number of carbonyl (C=O) groups is 1. The zero-order valence-electron chi connectivity index (χ0n) is 10.4. The Bertz CT molecular complexity index is 333. The molecule has 0 saturated carbocycles. The summed E-state index contributed by atoms with van der Waals surface area (Å²) < 4.78 is 5.23. The predicted octanol–water partition coefficient (Wildman–Crippen LogP) is 2.53. The maximum Gasteiger partial charge on any atom is 0.309 e. The fraction of sp³-hybridized carbons (Fsp3) is 0.500. The van der Waals surface area contributed by atoms with Gasteiger partial charge in [0.2, 0.25) is 0 Å². The SMILES string of the molecule is CCC(CC(C)O)C(=O)OCc1ccccc1. The van der Waals surface area contributed by atoms with Gasteiger partial charge in [0.05, 0.1) is 12.0 Å². The van der Waals surface area contributed by atoms with Crippen LogP contribution in [0, 0.1) is 5.92 Å². The van der Waals surface area contributed by atoms with Gasteiger partial charge in [-0.2, -0.15) is 0 Å². The van der Waals surface area contributed by atoms with Gasteiger partial charge in [0.15, 0.2) is 0 Å². The Kier molecular flexibility index (Phi) is 5.70. The van der Waals surface area contributed by atoms with Crippen molar-refractivity contribution in [1.29, 1.82) is 0 Å². The highest BCUT2D eigenvalue weighted by molar-refractivity contribution is 5.72. The van der Waals surface area contributed by atoms with Crippen molar-refractivity contribution >= 4 is 5.97 Å². The first kappa shape index (κ1) is 13.7. The number of carbonyl (C=O) groups excluding carboxylic acids is 1. The van der Waals surface area contributed by atoms with E-state index in [1.807, 2.05) is 37.3 Å². The monoisotopic (exact) mass is 236 g/mol. The maximum absolute atomic E-state index is 11.7. The molecule has 1 aromatic carbocycles. The molecule has 17 heavy (non-hydrogen) atoms. The van der Waals surface area contributed by atoms with Crippen LogP contribution >= 0.6 is 0 Å². The molecule has 0 heterocycles. The molecule has 0 amide bonds. The average Bonchev–Trinajstić information content (AvgIpc) is 2.34. The Morgan fingerprint density at radius 1 is 1.35 bits per heavy atom. The van der Waals surface area contributed by atoms with Crippen LogP contribution in [0.1, 0.15) is 32.3 Å². The van der Waals surface area contributed by atoms with E-state index in [0.29, 0.717) is 19.4 Å². The first-order chi connectivity index (χ1) is 8.13. The van der Waals surface area contributed by atoms with Gasteiger partial charge < -0.3 is 9.84 Å². The van der Waals surface area contributed by atoms with Gasteiger partial charge in [0.1, 0.15) is 6.61 Å². The van der Waals surface area contributed by atoms with E-state index in [-0.39, 0.29) is 11.9 Å². The largest absolute Gasteiger partial charge is 0.461 e. The molecular formula is C14H20O3. The molecule has 0 aliphatic rings. The Labute approximate surface area is 102 Å². The molecule has 0 aromatic heterocycles. The summed E-state index contributed by atoms with van der Waals surface area (Å²) in [6.07, 6.45) is 0.687. The maximum atomic E-state index is 11.7. The van der Waals surface area contributed by atoms with E-state index in [1.165, 1.54) is 0 Å². The fourth-order valence-electron chi connectivity index (χ4n) is 1.69. The number of aliphatic hydroxyl groups excluding tert-OH is 1. The molecule has 1 aromatic rings. The van der Waals surface area contributed by atoms with Crippen LogP contribution in [0.5, 0.6) is 0 Å². The lowest BCUT2D eigenvalue weighted by atomic mass is 10.00. The van der Waals surface area contributed by atoms with Crippen LogP contribution < -0.4 is 0 Å². The molecule has 1 rings (SSSR count). The van der Waals surface area contributed by atoms with Crippen molar-refractivity contribution in [2.24, 2.45) is 5.92 Å². The van der Waals surface area contributed by atoms with Crippen LogP contribution in [0.15, 0.2) is 30.3 Å². The third-order valence-corrected chi connectivity index (χ3v) is 2.68. The highest BCUT2D eigenvalue weighted by Gasteiger charge is 2.19. The molecule has 1 N–H and O–H groups in total. The molecule has 0 fully saturated rings. The average molecular weight is 236 g/mol. The molecule has 0 aliphatic carbocycles. The lowest BCUT2D eigenvalue weighted by Gasteiger charge is -2.15. The molecule has 3 nitrogen and oxygen atoms in total. The minimum Gasteiger partial charge on any atom is -0.461 e. The van der Waals surface area contributed by atoms with Crippen molar-refractivity contribution in [1.82, 2.24) is 0 Å². The van der Waals surface area contributed by atoms with Gasteiger partial charge in [0.25, 0.3) is 0 Å². The molecule has 2 atom stereocenters. The quantitative estimate of drug-likeness (QED) is 0.772. The zero-order valence-corrected chi connectivity index (χ0v) is 10.4. The van der Waals surface area contributed by atoms with E-state index in [1.54, 1.807) is 6.92 Å². The minimum absolute atomic E-state index is 0.210.